The fraction of sp³-hybridized carbons (Fsp3) is 0. The Morgan fingerprint density at radius 3 is 2.24 bits per heavy atom. The van der Waals surface area contributed by atoms with E-state index in [4.69, 9.17) is 4.42 Å². The van der Waals surface area contributed by atoms with Gasteiger partial charge in [-0.1, -0.05) is 54.6 Å². The Hall–Kier alpha value is -3.98. The van der Waals surface area contributed by atoms with E-state index in [2.05, 4.69) is 29.2 Å². The average Bonchev–Trinajstić information content (AvgIpc) is 2.80. The van der Waals surface area contributed by atoms with E-state index in [9.17, 15) is 4.79 Å². The Morgan fingerprint density at radius 1 is 0.828 bits per heavy atom. The van der Waals surface area contributed by atoms with Gasteiger partial charge in [-0.3, -0.25) is 9.78 Å². The zero-order valence-corrected chi connectivity index (χ0v) is 15.3. The molecular formula is C26H13NO2. The van der Waals surface area contributed by atoms with E-state index in [0.29, 0.717) is 39.1 Å². The second-order valence-corrected chi connectivity index (χ2v) is 6.44. The molecule has 4 radical (unpaired) electrons. The van der Waals surface area contributed by atoms with Crippen molar-refractivity contribution in [3.8, 4) is 33.7 Å². The van der Waals surface area contributed by atoms with Crippen LogP contribution in [0.25, 0.3) is 44.7 Å². The monoisotopic (exact) mass is 371 g/mol. The lowest BCUT2D eigenvalue weighted by Crippen LogP contribution is -2.08. The van der Waals surface area contributed by atoms with Crippen LogP contribution < -0.4 is 5.43 Å². The summed E-state index contributed by atoms with van der Waals surface area (Å²) in [6, 6.07) is 34.1. The number of fused-ring (bicyclic) bond motifs is 1. The van der Waals surface area contributed by atoms with Crippen molar-refractivity contribution >= 4 is 11.0 Å². The zero-order valence-electron chi connectivity index (χ0n) is 15.3. The van der Waals surface area contributed by atoms with E-state index in [0.717, 1.165) is 5.56 Å². The minimum Gasteiger partial charge on any atom is -0.453 e. The SMILES string of the molecule is O=c1c(-c2[c]cc[c]c2)c(-c2ccccc2)oc2c(-c3[c]cc[c]c3)nccc12. The molecule has 2 aromatic heterocycles. The van der Waals surface area contributed by atoms with Gasteiger partial charge in [-0.15, -0.1) is 0 Å². The van der Waals surface area contributed by atoms with E-state index < -0.39 is 0 Å². The van der Waals surface area contributed by atoms with Gasteiger partial charge in [0.25, 0.3) is 0 Å². The number of hydrogen-bond donors (Lipinski definition) is 0. The Bertz CT molecular complexity index is 1340. The molecule has 0 saturated heterocycles. The van der Waals surface area contributed by atoms with Crippen molar-refractivity contribution in [3.63, 3.8) is 0 Å². The molecular weight excluding hydrogens is 358 g/mol. The molecule has 3 heteroatoms. The minimum absolute atomic E-state index is 0.135. The maximum atomic E-state index is 13.6. The van der Waals surface area contributed by atoms with Gasteiger partial charge in [0.2, 0.25) is 5.43 Å². The van der Waals surface area contributed by atoms with E-state index in [1.165, 1.54) is 0 Å². The Labute approximate surface area is 167 Å². The molecule has 0 atom stereocenters. The number of pyridine rings is 1. The van der Waals surface area contributed by atoms with E-state index in [1.807, 2.05) is 30.3 Å². The van der Waals surface area contributed by atoms with Crippen LogP contribution in [0.1, 0.15) is 0 Å². The second kappa shape index (κ2) is 7.21. The molecule has 0 amide bonds. The molecule has 0 unspecified atom stereocenters. The van der Waals surface area contributed by atoms with Gasteiger partial charge in [0.1, 0.15) is 11.5 Å². The third-order valence-corrected chi connectivity index (χ3v) is 4.66. The summed E-state index contributed by atoms with van der Waals surface area (Å²) in [4.78, 5) is 18.0. The first-order valence-electron chi connectivity index (χ1n) is 9.10. The summed E-state index contributed by atoms with van der Waals surface area (Å²) in [6.45, 7) is 0. The lowest BCUT2D eigenvalue weighted by molar-refractivity contribution is 0.620. The van der Waals surface area contributed by atoms with Crippen molar-refractivity contribution in [1.29, 1.82) is 0 Å². The summed E-state index contributed by atoms with van der Waals surface area (Å²) in [5.74, 6) is 0.480. The topological polar surface area (TPSA) is 43.1 Å². The predicted molar refractivity (Wildman–Crippen MR) is 112 cm³/mol. The molecule has 5 rings (SSSR count). The molecule has 29 heavy (non-hydrogen) atoms. The Morgan fingerprint density at radius 2 is 1.55 bits per heavy atom. The lowest BCUT2D eigenvalue weighted by atomic mass is 9.98. The molecule has 134 valence electrons. The van der Waals surface area contributed by atoms with Crippen molar-refractivity contribution in [2.24, 2.45) is 0 Å². The third kappa shape index (κ3) is 3.03. The highest BCUT2D eigenvalue weighted by molar-refractivity contribution is 5.94. The molecule has 3 nitrogen and oxygen atoms in total. The van der Waals surface area contributed by atoms with Gasteiger partial charge in [0, 0.05) is 17.3 Å². The van der Waals surface area contributed by atoms with Crippen LogP contribution in [0.3, 0.4) is 0 Å². The minimum atomic E-state index is -0.135. The van der Waals surface area contributed by atoms with Gasteiger partial charge in [-0.05, 0) is 48.0 Å². The van der Waals surface area contributed by atoms with Crippen LogP contribution in [-0.2, 0) is 0 Å². The highest BCUT2D eigenvalue weighted by atomic mass is 16.3. The van der Waals surface area contributed by atoms with E-state index in [1.54, 1.807) is 48.7 Å². The van der Waals surface area contributed by atoms with Gasteiger partial charge in [-0.2, -0.15) is 0 Å². The van der Waals surface area contributed by atoms with Gasteiger partial charge >= 0.3 is 0 Å². The van der Waals surface area contributed by atoms with Gasteiger partial charge in [0.15, 0.2) is 5.58 Å². The fourth-order valence-electron chi connectivity index (χ4n) is 3.34. The number of benzene rings is 3. The van der Waals surface area contributed by atoms with Crippen LogP contribution >= 0.6 is 0 Å². The number of aromatic nitrogens is 1. The molecule has 0 spiro atoms. The van der Waals surface area contributed by atoms with Crippen molar-refractivity contribution in [2.75, 3.05) is 0 Å². The normalized spacial score (nSPS) is 10.9. The lowest BCUT2D eigenvalue weighted by Gasteiger charge is -2.12. The highest BCUT2D eigenvalue weighted by Crippen LogP contribution is 2.34. The fourth-order valence-corrected chi connectivity index (χ4v) is 3.34. The summed E-state index contributed by atoms with van der Waals surface area (Å²) in [5.41, 5.74) is 3.47. The standard InChI is InChI=1S/C26H13NO2/c28-24-21-16-17-27-23(19-12-6-2-7-13-19)26(21)29-25(20-14-8-3-9-15-20)22(24)18-10-4-1-5-11-18/h1-4,6,8-9,11,13-17H. The quantitative estimate of drug-likeness (QED) is 0.427. The van der Waals surface area contributed by atoms with Crippen molar-refractivity contribution in [1.82, 2.24) is 4.98 Å². The van der Waals surface area contributed by atoms with Crippen LogP contribution in [0.15, 0.2) is 88.2 Å². The van der Waals surface area contributed by atoms with Crippen LogP contribution in [-0.4, -0.2) is 4.98 Å². The Balaban J connectivity index is 1.91. The molecule has 0 aliphatic carbocycles. The largest absolute Gasteiger partial charge is 0.453 e. The summed E-state index contributed by atoms with van der Waals surface area (Å²) in [6.07, 6.45) is 1.61. The average molecular weight is 371 g/mol. The van der Waals surface area contributed by atoms with Gasteiger partial charge in [0.05, 0.1) is 10.9 Å². The summed E-state index contributed by atoms with van der Waals surface area (Å²) >= 11 is 0. The predicted octanol–water partition coefficient (Wildman–Crippen LogP) is 5.39. The zero-order chi connectivity index (χ0) is 19.6. The van der Waals surface area contributed by atoms with Crippen LogP contribution in [0.4, 0.5) is 0 Å². The van der Waals surface area contributed by atoms with E-state index in [-0.39, 0.29) is 5.43 Å². The first-order valence-corrected chi connectivity index (χ1v) is 9.10. The van der Waals surface area contributed by atoms with Crippen molar-refractivity contribution in [3.05, 3.63) is 113 Å². The van der Waals surface area contributed by atoms with Gasteiger partial charge < -0.3 is 4.42 Å². The first-order chi connectivity index (χ1) is 14.3. The molecule has 5 aromatic rings. The highest BCUT2D eigenvalue weighted by Gasteiger charge is 2.20. The first kappa shape index (κ1) is 17.1. The number of hydrogen-bond acceptors (Lipinski definition) is 3. The van der Waals surface area contributed by atoms with Crippen LogP contribution in [0.5, 0.6) is 0 Å². The molecule has 0 aliphatic rings. The smallest absolute Gasteiger partial charge is 0.201 e. The summed E-state index contributed by atoms with van der Waals surface area (Å²) in [7, 11) is 0. The maximum Gasteiger partial charge on any atom is 0.201 e. The molecule has 0 N–H and O–H groups in total. The molecule has 0 saturated carbocycles. The molecule has 3 aromatic carbocycles. The molecule has 0 fully saturated rings. The van der Waals surface area contributed by atoms with Crippen molar-refractivity contribution < 1.29 is 4.42 Å². The molecule has 0 bridgehead atoms. The van der Waals surface area contributed by atoms with Crippen molar-refractivity contribution in [2.45, 2.75) is 0 Å². The Kier molecular flexibility index (Phi) is 4.26. The summed E-state index contributed by atoms with van der Waals surface area (Å²) in [5, 5.41) is 0.458. The van der Waals surface area contributed by atoms with E-state index >= 15 is 0 Å². The van der Waals surface area contributed by atoms with Crippen LogP contribution in [0, 0.1) is 24.3 Å². The maximum absolute atomic E-state index is 13.6. The second-order valence-electron chi connectivity index (χ2n) is 6.44. The van der Waals surface area contributed by atoms with Crippen LogP contribution in [0.2, 0.25) is 0 Å². The molecule has 2 heterocycles. The van der Waals surface area contributed by atoms with Gasteiger partial charge in [-0.25, -0.2) is 0 Å². The number of rotatable bonds is 3. The third-order valence-electron chi connectivity index (χ3n) is 4.66. The number of nitrogens with zero attached hydrogens (tertiary/aromatic N) is 1. The molecule has 0 aliphatic heterocycles. The summed E-state index contributed by atoms with van der Waals surface area (Å²) < 4.78 is 6.37.